The Morgan fingerprint density at radius 1 is 0.763 bits per heavy atom. The minimum atomic E-state index is -0.485. The molecule has 2 unspecified atom stereocenters. The van der Waals surface area contributed by atoms with Gasteiger partial charge in [-0.15, -0.1) is 0 Å². The van der Waals surface area contributed by atoms with E-state index in [1.807, 2.05) is 68.4 Å². The summed E-state index contributed by atoms with van der Waals surface area (Å²) in [5.41, 5.74) is 15.1. The van der Waals surface area contributed by atoms with Gasteiger partial charge in [-0.2, -0.15) is 10.2 Å². The molecule has 1 aliphatic heterocycles. The smallest absolute Gasteiger partial charge is 0.411 e. The summed E-state index contributed by atoms with van der Waals surface area (Å²) in [6, 6.07) is 32.7. The van der Waals surface area contributed by atoms with Gasteiger partial charge >= 0.3 is 12.2 Å². The summed E-state index contributed by atoms with van der Waals surface area (Å²) in [6.07, 6.45) is 4.82. The van der Waals surface area contributed by atoms with Crippen molar-refractivity contribution in [2.45, 2.75) is 64.5 Å². The van der Waals surface area contributed by atoms with Gasteiger partial charge in [0.15, 0.2) is 0 Å². The fourth-order valence-corrected chi connectivity index (χ4v) is 8.18. The number of nitrogens with one attached hydrogen (secondary N) is 4. The maximum Gasteiger partial charge on any atom is 0.411 e. The monoisotopic (exact) mass is 793 g/mol. The average molecular weight is 794 g/mol. The minimum absolute atomic E-state index is 0.297. The summed E-state index contributed by atoms with van der Waals surface area (Å²) in [7, 11) is 2.13. The van der Waals surface area contributed by atoms with Crippen molar-refractivity contribution in [2.75, 3.05) is 44.0 Å². The van der Waals surface area contributed by atoms with Gasteiger partial charge in [-0.05, 0) is 81.6 Å². The van der Waals surface area contributed by atoms with Gasteiger partial charge in [0.2, 0.25) is 0 Å². The Kier molecular flexibility index (Phi) is 12.2. The van der Waals surface area contributed by atoms with Crippen LogP contribution in [0.1, 0.15) is 61.8 Å². The molecule has 4 N–H and O–H groups in total. The maximum absolute atomic E-state index is 12.1. The highest BCUT2D eigenvalue weighted by atomic mass is 16.6. The normalized spacial score (nSPS) is 15.3. The van der Waals surface area contributed by atoms with Crippen LogP contribution in [0.15, 0.2) is 97.1 Å². The topological polar surface area (TPSA) is 146 Å². The lowest BCUT2D eigenvalue weighted by atomic mass is 10.1. The van der Waals surface area contributed by atoms with E-state index in [0.29, 0.717) is 31.5 Å². The number of hydrogen-bond donors (Lipinski definition) is 4. The number of amides is 2. The molecule has 9 rings (SSSR count). The van der Waals surface area contributed by atoms with Gasteiger partial charge in [-0.25, -0.2) is 9.59 Å². The van der Waals surface area contributed by atoms with E-state index < -0.39 is 12.2 Å². The van der Waals surface area contributed by atoms with Gasteiger partial charge in [-0.1, -0.05) is 79.7 Å². The van der Waals surface area contributed by atoms with Gasteiger partial charge < -0.3 is 19.1 Å². The van der Waals surface area contributed by atoms with Crippen LogP contribution >= 0.6 is 0 Å². The van der Waals surface area contributed by atoms with Crippen LogP contribution in [0.2, 0.25) is 0 Å². The highest BCUT2D eigenvalue weighted by molar-refractivity contribution is 5.87. The molecule has 0 spiro atoms. The third-order valence-corrected chi connectivity index (χ3v) is 11.2. The molecule has 1 saturated heterocycles. The van der Waals surface area contributed by atoms with Gasteiger partial charge in [0.25, 0.3) is 0 Å². The molecule has 4 aromatic carbocycles. The zero-order valence-electron chi connectivity index (χ0n) is 33.8. The van der Waals surface area contributed by atoms with E-state index in [1.165, 1.54) is 46.2 Å². The third-order valence-electron chi connectivity index (χ3n) is 11.2. The fraction of sp³-hybridized carbons (Fsp3) is 0.319. The molecule has 1 fully saturated rings. The van der Waals surface area contributed by atoms with Crippen LogP contribution in [0, 0.1) is 0 Å². The Bertz CT molecular complexity index is 2390. The summed E-state index contributed by atoms with van der Waals surface area (Å²) in [6.45, 7) is 6.49. The molecule has 3 heterocycles. The number of aromatic amines is 2. The van der Waals surface area contributed by atoms with E-state index in [0.717, 1.165) is 71.8 Å². The number of nitrogens with zero attached hydrogens (tertiary/aromatic N) is 3. The number of benzene rings is 4. The zero-order chi connectivity index (χ0) is 40.7. The van der Waals surface area contributed by atoms with Gasteiger partial charge in [0.1, 0.15) is 6.10 Å². The van der Waals surface area contributed by atoms with Crippen molar-refractivity contribution in [1.29, 1.82) is 0 Å². The summed E-state index contributed by atoms with van der Waals surface area (Å²) in [5, 5.41) is 21.0. The van der Waals surface area contributed by atoms with Crippen LogP contribution in [0.5, 0.6) is 0 Å². The average Bonchev–Trinajstić information content (AvgIpc) is 4.08. The molecule has 304 valence electrons. The van der Waals surface area contributed by atoms with Crippen LogP contribution in [-0.4, -0.2) is 83.0 Å². The maximum atomic E-state index is 12.1. The summed E-state index contributed by atoms with van der Waals surface area (Å²) < 4.78 is 16.1. The molecule has 2 aromatic heterocycles. The lowest BCUT2D eigenvalue weighted by molar-refractivity contribution is 0.0342. The molecule has 2 amide bonds. The molecule has 3 aliphatic rings. The molecule has 6 aromatic rings. The van der Waals surface area contributed by atoms with E-state index >= 15 is 0 Å². The number of rotatable bonds is 12. The van der Waals surface area contributed by atoms with Crippen molar-refractivity contribution in [1.82, 2.24) is 25.3 Å². The third kappa shape index (κ3) is 9.09. The van der Waals surface area contributed by atoms with Crippen molar-refractivity contribution >= 4 is 23.6 Å². The summed E-state index contributed by atoms with van der Waals surface area (Å²) in [4.78, 5) is 26.5. The zero-order valence-corrected chi connectivity index (χ0v) is 33.8. The van der Waals surface area contributed by atoms with Crippen molar-refractivity contribution < 1.29 is 23.8 Å². The van der Waals surface area contributed by atoms with Crippen molar-refractivity contribution in [3.63, 3.8) is 0 Å². The number of ether oxygens (including phenoxy) is 3. The highest BCUT2D eigenvalue weighted by Gasteiger charge is 2.26. The van der Waals surface area contributed by atoms with E-state index in [-0.39, 0.29) is 6.10 Å². The number of carbonyl (C=O) groups excluding carboxylic acids is 2. The number of H-pyrrole nitrogens is 2. The molecule has 12 heteroatoms. The second kappa shape index (κ2) is 18.1. The Labute approximate surface area is 344 Å². The molecule has 2 aliphatic carbocycles. The molecular formula is C47H51N7O5. The number of aromatic nitrogens is 4. The van der Waals surface area contributed by atoms with Crippen molar-refractivity contribution in [3.8, 4) is 45.0 Å². The molecule has 0 bridgehead atoms. The van der Waals surface area contributed by atoms with Crippen LogP contribution in [0.3, 0.4) is 0 Å². The first-order valence-electron chi connectivity index (χ1n) is 20.6. The Morgan fingerprint density at radius 3 is 1.83 bits per heavy atom. The molecule has 2 atom stereocenters. The van der Waals surface area contributed by atoms with Crippen LogP contribution in [0.25, 0.3) is 45.0 Å². The number of fused-ring (bicyclic) bond motifs is 6. The molecular weight excluding hydrogens is 743 g/mol. The highest BCUT2D eigenvalue weighted by Crippen LogP contribution is 2.41. The molecule has 12 nitrogen and oxygen atoms in total. The van der Waals surface area contributed by atoms with E-state index in [4.69, 9.17) is 14.2 Å². The lowest BCUT2D eigenvalue weighted by Crippen LogP contribution is -2.27. The molecule has 0 saturated carbocycles. The first-order chi connectivity index (χ1) is 28.8. The number of likely N-dealkylation sites (tertiary alicyclic amines) is 1. The van der Waals surface area contributed by atoms with Crippen LogP contribution < -0.4 is 10.6 Å². The first-order valence-corrected chi connectivity index (χ1v) is 20.6. The molecule has 0 radical (unpaired) electrons. The quantitative estimate of drug-likeness (QED) is 0.0895. The largest absolute Gasteiger partial charge is 0.449 e. The van der Waals surface area contributed by atoms with Crippen molar-refractivity contribution in [3.05, 3.63) is 119 Å². The van der Waals surface area contributed by atoms with E-state index in [1.54, 1.807) is 0 Å². The minimum Gasteiger partial charge on any atom is -0.449 e. The van der Waals surface area contributed by atoms with Gasteiger partial charge in [0, 0.05) is 70.2 Å². The number of carbonyl (C=O) groups is 2. The van der Waals surface area contributed by atoms with Crippen LogP contribution in [0.4, 0.5) is 21.0 Å². The van der Waals surface area contributed by atoms with E-state index in [2.05, 4.69) is 85.4 Å². The lowest BCUT2D eigenvalue weighted by Gasteiger charge is -2.18. The van der Waals surface area contributed by atoms with E-state index in [9.17, 15) is 9.59 Å². The standard InChI is InChI=1S/C24H26N4O2.C23H25N3O3/c1-28-13-4-6-19(28)12-14-30-24(29)25-18-10-8-16(9-11-18)22-21-15-17-5-2-3-7-20(17)23(21)27-26-22;1-3-12-28-14-15(2)29-23(27)24-18-10-8-16(9-11-18)21-20-13-17-6-4-5-7-19(17)22(20)26-25-21/h2-3,5,7-11,19H,4,6,12-15H2,1H3,(H,25,29)(H,26,27);4-11,15H,3,12-14H2,1-2H3,(H,24,27)(H,25,26). The fourth-order valence-electron chi connectivity index (χ4n) is 8.18. The predicted molar refractivity (Wildman–Crippen MR) is 230 cm³/mol. The summed E-state index contributed by atoms with van der Waals surface area (Å²) in [5.74, 6) is 0. The number of hydrogen-bond acceptors (Lipinski definition) is 8. The summed E-state index contributed by atoms with van der Waals surface area (Å²) >= 11 is 0. The van der Waals surface area contributed by atoms with Crippen LogP contribution in [-0.2, 0) is 27.1 Å². The second-order valence-corrected chi connectivity index (χ2v) is 15.4. The Hall–Kier alpha value is -6.24. The van der Waals surface area contributed by atoms with Gasteiger partial charge in [-0.3, -0.25) is 20.8 Å². The number of anilines is 2. The first kappa shape index (κ1) is 39.6. The Balaban J connectivity index is 0.000000164. The van der Waals surface area contributed by atoms with Gasteiger partial charge in [0.05, 0.1) is 36.0 Å². The Morgan fingerprint density at radius 2 is 1.31 bits per heavy atom. The van der Waals surface area contributed by atoms with Crippen molar-refractivity contribution in [2.24, 2.45) is 0 Å². The SMILES string of the molecule is CCCOCC(C)OC(=O)Nc1ccc(-c2n[nH]c3c2Cc2ccccc2-3)cc1.CN1CCCC1CCOC(=O)Nc1ccc(-c2n[nH]c3c2Cc2ccccc2-3)cc1. The predicted octanol–water partition coefficient (Wildman–Crippen LogP) is 9.69. The molecule has 59 heavy (non-hydrogen) atoms. The second-order valence-electron chi connectivity index (χ2n) is 15.4.